The van der Waals surface area contributed by atoms with E-state index in [0.717, 1.165) is 12.0 Å². The maximum absolute atomic E-state index is 12.1. The van der Waals surface area contributed by atoms with E-state index in [4.69, 9.17) is 4.74 Å². The van der Waals surface area contributed by atoms with Crippen LogP contribution >= 0.6 is 0 Å². The number of ether oxygens (including phenoxy) is 1. The number of urea groups is 1. The lowest BCUT2D eigenvalue weighted by Crippen LogP contribution is -2.36. The summed E-state index contributed by atoms with van der Waals surface area (Å²) in [6.45, 7) is 6.20. The van der Waals surface area contributed by atoms with Gasteiger partial charge in [0.25, 0.3) is 0 Å². The summed E-state index contributed by atoms with van der Waals surface area (Å²) in [5.74, 6) is 1.17. The summed E-state index contributed by atoms with van der Waals surface area (Å²) in [4.78, 5) is 23.9. The number of rotatable bonds is 8. The van der Waals surface area contributed by atoms with Crippen molar-refractivity contribution < 1.29 is 14.3 Å². The average Bonchev–Trinajstić information content (AvgIpc) is 2.63. The van der Waals surface area contributed by atoms with Crippen molar-refractivity contribution in [1.29, 1.82) is 0 Å². The number of carbonyl (C=O) groups is 2. The highest BCUT2D eigenvalue weighted by Gasteiger charge is 2.10. The number of aryl methyl sites for hydroxylation is 1. The van der Waals surface area contributed by atoms with E-state index in [2.05, 4.69) is 16.0 Å². The van der Waals surface area contributed by atoms with Crippen LogP contribution in [0.5, 0.6) is 11.5 Å². The minimum atomic E-state index is -0.383. The molecule has 0 heterocycles. The number of anilines is 1. The Morgan fingerprint density at radius 3 is 2.63 bits per heavy atom. The highest BCUT2D eigenvalue weighted by atomic mass is 16.5. The zero-order valence-corrected chi connectivity index (χ0v) is 16.0. The quantitative estimate of drug-likeness (QED) is 0.652. The standard InChI is InChI=1S/C21H27N3O3/c1-4-16(3)23-20(25)12-13-22-21(26)24-18-10-5-6-11-19(18)27-17-9-7-8-15(2)14-17/h5-11,14,16H,4,12-13H2,1-3H3,(H,23,25)(H2,22,24,26). The molecule has 2 aromatic carbocycles. The molecule has 1 unspecified atom stereocenters. The van der Waals surface area contributed by atoms with Crippen LogP contribution in [0.4, 0.5) is 10.5 Å². The average molecular weight is 369 g/mol. The highest BCUT2D eigenvalue weighted by Crippen LogP contribution is 2.29. The fourth-order valence-electron chi connectivity index (χ4n) is 2.37. The number of hydrogen-bond acceptors (Lipinski definition) is 3. The molecule has 0 spiro atoms. The van der Waals surface area contributed by atoms with Crippen molar-refractivity contribution in [3.05, 3.63) is 54.1 Å². The lowest BCUT2D eigenvalue weighted by molar-refractivity contribution is -0.121. The van der Waals surface area contributed by atoms with E-state index in [9.17, 15) is 9.59 Å². The van der Waals surface area contributed by atoms with Crippen LogP contribution in [0.15, 0.2) is 48.5 Å². The van der Waals surface area contributed by atoms with Crippen LogP contribution in [-0.4, -0.2) is 24.5 Å². The summed E-state index contributed by atoms with van der Waals surface area (Å²) < 4.78 is 5.88. The van der Waals surface area contributed by atoms with Crippen LogP contribution in [0.1, 0.15) is 32.3 Å². The van der Waals surface area contributed by atoms with Gasteiger partial charge in [0.1, 0.15) is 5.75 Å². The molecule has 144 valence electrons. The fraction of sp³-hybridized carbons (Fsp3) is 0.333. The van der Waals surface area contributed by atoms with Gasteiger partial charge < -0.3 is 20.7 Å². The maximum atomic E-state index is 12.1. The second kappa shape index (κ2) is 10.2. The Hall–Kier alpha value is -3.02. The summed E-state index contributed by atoms with van der Waals surface area (Å²) in [6, 6.07) is 14.7. The van der Waals surface area contributed by atoms with E-state index in [1.165, 1.54) is 0 Å². The number of carbonyl (C=O) groups excluding carboxylic acids is 2. The van der Waals surface area contributed by atoms with Gasteiger partial charge in [0.15, 0.2) is 5.75 Å². The molecular weight excluding hydrogens is 342 g/mol. The van der Waals surface area contributed by atoms with Gasteiger partial charge in [0, 0.05) is 19.0 Å². The first-order valence-corrected chi connectivity index (χ1v) is 9.15. The summed E-state index contributed by atoms with van der Waals surface area (Å²) in [6.07, 6.45) is 1.11. The molecule has 0 aliphatic rings. The van der Waals surface area contributed by atoms with Gasteiger partial charge in [-0.25, -0.2) is 4.79 Å². The lowest BCUT2D eigenvalue weighted by Gasteiger charge is -2.14. The van der Waals surface area contributed by atoms with Crippen molar-refractivity contribution in [1.82, 2.24) is 10.6 Å². The first-order chi connectivity index (χ1) is 13.0. The predicted molar refractivity (Wildman–Crippen MR) is 107 cm³/mol. The highest BCUT2D eigenvalue weighted by molar-refractivity contribution is 5.91. The minimum absolute atomic E-state index is 0.0761. The molecule has 6 heteroatoms. The van der Waals surface area contributed by atoms with Crippen LogP contribution in [0.3, 0.4) is 0 Å². The zero-order valence-electron chi connectivity index (χ0n) is 16.0. The number of para-hydroxylation sites is 2. The molecule has 0 fully saturated rings. The van der Waals surface area contributed by atoms with Crippen LogP contribution in [0.2, 0.25) is 0 Å². The third-order valence-corrected chi connectivity index (χ3v) is 4.01. The topological polar surface area (TPSA) is 79.5 Å². The van der Waals surface area contributed by atoms with Crippen molar-refractivity contribution in [3.8, 4) is 11.5 Å². The fourth-order valence-corrected chi connectivity index (χ4v) is 2.37. The Labute approximate surface area is 160 Å². The van der Waals surface area contributed by atoms with Gasteiger partial charge >= 0.3 is 6.03 Å². The SMILES string of the molecule is CCC(C)NC(=O)CCNC(=O)Nc1ccccc1Oc1cccc(C)c1. The molecule has 0 saturated carbocycles. The van der Waals surface area contributed by atoms with Gasteiger partial charge in [-0.1, -0.05) is 31.2 Å². The van der Waals surface area contributed by atoms with Crippen molar-refractivity contribution in [2.45, 2.75) is 39.7 Å². The third-order valence-electron chi connectivity index (χ3n) is 4.01. The van der Waals surface area contributed by atoms with Gasteiger partial charge in [0.05, 0.1) is 5.69 Å². The maximum Gasteiger partial charge on any atom is 0.319 e. The molecule has 0 bridgehead atoms. The summed E-state index contributed by atoms with van der Waals surface area (Å²) in [5.41, 5.74) is 1.65. The van der Waals surface area contributed by atoms with Gasteiger partial charge in [-0.2, -0.15) is 0 Å². The third kappa shape index (κ3) is 7.01. The molecule has 1 atom stereocenters. The first-order valence-electron chi connectivity index (χ1n) is 9.15. The molecule has 2 rings (SSSR count). The molecule has 2 aromatic rings. The molecule has 6 nitrogen and oxygen atoms in total. The smallest absolute Gasteiger partial charge is 0.319 e. The molecular formula is C21H27N3O3. The van der Waals surface area contributed by atoms with E-state index >= 15 is 0 Å². The Bertz CT molecular complexity index is 777. The van der Waals surface area contributed by atoms with Gasteiger partial charge in [-0.05, 0) is 50.1 Å². The first kappa shape index (κ1) is 20.3. The number of nitrogens with one attached hydrogen (secondary N) is 3. The molecule has 3 amide bonds. The van der Waals surface area contributed by atoms with Crippen molar-refractivity contribution in [2.24, 2.45) is 0 Å². The van der Waals surface area contributed by atoms with E-state index in [1.54, 1.807) is 12.1 Å². The number of benzene rings is 2. The molecule has 0 radical (unpaired) electrons. The molecule has 3 N–H and O–H groups in total. The predicted octanol–water partition coefficient (Wildman–Crippen LogP) is 4.21. The van der Waals surface area contributed by atoms with E-state index in [1.807, 2.05) is 57.2 Å². The number of hydrogen-bond donors (Lipinski definition) is 3. The van der Waals surface area contributed by atoms with Crippen LogP contribution < -0.4 is 20.7 Å². The van der Waals surface area contributed by atoms with E-state index in [0.29, 0.717) is 17.2 Å². The monoisotopic (exact) mass is 369 g/mol. The van der Waals surface area contributed by atoms with Gasteiger partial charge in [-0.15, -0.1) is 0 Å². The molecule has 0 aromatic heterocycles. The largest absolute Gasteiger partial charge is 0.455 e. The Balaban J connectivity index is 1.88. The lowest BCUT2D eigenvalue weighted by atomic mass is 10.2. The van der Waals surface area contributed by atoms with Crippen LogP contribution in [0, 0.1) is 6.92 Å². The van der Waals surface area contributed by atoms with Crippen molar-refractivity contribution in [3.63, 3.8) is 0 Å². The van der Waals surface area contributed by atoms with Gasteiger partial charge in [0.2, 0.25) is 5.91 Å². The molecule has 0 aliphatic carbocycles. The minimum Gasteiger partial charge on any atom is -0.455 e. The van der Waals surface area contributed by atoms with E-state index in [-0.39, 0.29) is 30.9 Å². The van der Waals surface area contributed by atoms with Gasteiger partial charge in [-0.3, -0.25) is 4.79 Å². The zero-order chi connectivity index (χ0) is 19.6. The summed E-state index contributed by atoms with van der Waals surface area (Å²) in [5, 5.41) is 8.31. The number of amides is 3. The Morgan fingerprint density at radius 2 is 1.89 bits per heavy atom. The Morgan fingerprint density at radius 1 is 1.11 bits per heavy atom. The summed E-state index contributed by atoms with van der Waals surface area (Å²) in [7, 11) is 0. The van der Waals surface area contributed by atoms with E-state index < -0.39 is 0 Å². The summed E-state index contributed by atoms with van der Waals surface area (Å²) >= 11 is 0. The normalized spacial score (nSPS) is 11.4. The molecule has 0 saturated heterocycles. The van der Waals surface area contributed by atoms with Crippen LogP contribution in [0.25, 0.3) is 0 Å². The second-order valence-electron chi connectivity index (χ2n) is 6.42. The van der Waals surface area contributed by atoms with Crippen molar-refractivity contribution >= 4 is 17.6 Å². The second-order valence-corrected chi connectivity index (χ2v) is 6.42. The molecule has 0 aliphatic heterocycles. The van der Waals surface area contributed by atoms with Crippen molar-refractivity contribution in [2.75, 3.05) is 11.9 Å². The Kier molecular flexibility index (Phi) is 7.67. The van der Waals surface area contributed by atoms with Crippen LogP contribution in [-0.2, 0) is 4.79 Å². The molecule has 27 heavy (non-hydrogen) atoms.